The standard InChI is InChI=1S/2C4H11NO2.O10P4/c2*6-3-1-5-2-4-7;1-11-5-12(2)8-13(3,6-11)10-14(4,7-11)9-12/h2*5-7H,1-4H2;. The number of rotatable bonds is 8. The minimum atomic E-state index is -4.43. The van der Waals surface area contributed by atoms with Gasteiger partial charge in [-0.2, -0.15) is 25.9 Å². The van der Waals surface area contributed by atoms with Crippen LogP contribution in [0, 0.1) is 0 Å². The molecule has 4 rings (SSSR count). The van der Waals surface area contributed by atoms with Crippen LogP contribution < -0.4 is 10.6 Å². The lowest BCUT2D eigenvalue weighted by Crippen LogP contribution is -2.21. The second-order valence-corrected chi connectivity index (χ2v) is 12.2. The quantitative estimate of drug-likeness (QED) is 0.188. The van der Waals surface area contributed by atoms with E-state index in [-0.39, 0.29) is 26.4 Å². The topological polar surface area (TPSA) is 229 Å². The first-order valence-electron chi connectivity index (χ1n) is 7.60. The zero-order chi connectivity index (χ0) is 21.3. The molecule has 0 atom stereocenters. The van der Waals surface area contributed by atoms with Gasteiger partial charge in [-0.25, -0.2) is 18.3 Å². The fraction of sp³-hybridized carbons (Fsp3) is 1.00. The first-order chi connectivity index (χ1) is 13.1. The van der Waals surface area contributed by atoms with Gasteiger partial charge in [0.1, 0.15) is 0 Å². The van der Waals surface area contributed by atoms with Gasteiger partial charge in [-0.05, 0) is 0 Å². The summed E-state index contributed by atoms with van der Waals surface area (Å²) in [5.41, 5.74) is 0. The van der Waals surface area contributed by atoms with Crippen LogP contribution in [0.15, 0.2) is 0 Å². The molecule has 0 amide bonds. The average molecular weight is 494 g/mol. The highest BCUT2D eigenvalue weighted by molar-refractivity contribution is 7.88. The summed E-state index contributed by atoms with van der Waals surface area (Å²) >= 11 is 0. The van der Waals surface area contributed by atoms with Crippen LogP contribution >= 0.6 is 31.3 Å². The van der Waals surface area contributed by atoms with Crippen molar-refractivity contribution in [3.8, 4) is 0 Å². The molecule has 4 saturated heterocycles. The van der Waals surface area contributed by atoms with Crippen LogP contribution in [0.1, 0.15) is 0 Å². The fourth-order valence-corrected chi connectivity index (χ4v) is 12.0. The summed E-state index contributed by atoms with van der Waals surface area (Å²) in [5, 5.41) is 38.2. The highest BCUT2D eigenvalue weighted by atomic mass is 31.4. The third-order valence-corrected chi connectivity index (χ3v) is 12.0. The van der Waals surface area contributed by atoms with E-state index in [0.29, 0.717) is 26.2 Å². The van der Waals surface area contributed by atoms with Crippen LogP contribution in [-0.2, 0) is 44.1 Å². The molecule has 0 aromatic carbocycles. The number of aliphatic hydroxyl groups excluding tert-OH is 4. The van der Waals surface area contributed by atoms with E-state index in [1.807, 2.05) is 0 Å². The predicted molar refractivity (Wildman–Crippen MR) is 91.0 cm³/mol. The minimum absolute atomic E-state index is 0.139. The molecule has 168 valence electrons. The van der Waals surface area contributed by atoms with Gasteiger partial charge in [0.15, 0.2) is 0 Å². The minimum Gasteiger partial charge on any atom is -0.395 e. The molecule has 6 N–H and O–H groups in total. The van der Waals surface area contributed by atoms with Crippen molar-refractivity contribution in [2.24, 2.45) is 0 Å². The summed E-state index contributed by atoms with van der Waals surface area (Å²) in [5.74, 6) is 0. The van der Waals surface area contributed by atoms with E-state index in [4.69, 9.17) is 20.4 Å². The van der Waals surface area contributed by atoms with Crippen LogP contribution in [0.25, 0.3) is 0 Å². The lowest BCUT2D eigenvalue weighted by Gasteiger charge is -2.41. The molecule has 16 nitrogen and oxygen atoms in total. The summed E-state index contributed by atoms with van der Waals surface area (Å²) in [4.78, 5) is 0. The first-order valence-corrected chi connectivity index (χ1v) is 13.4. The second-order valence-electron chi connectivity index (χ2n) is 4.67. The highest BCUT2D eigenvalue weighted by Crippen LogP contribution is 2.99. The average Bonchev–Trinajstić information content (AvgIpc) is 2.51. The van der Waals surface area contributed by atoms with Gasteiger partial charge in [-0.1, -0.05) is 0 Å². The second kappa shape index (κ2) is 11.7. The third-order valence-electron chi connectivity index (χ3n) is 2.35. The van der Waals surface area contributed by atoms with Crippen LogP contribution in [0.5, 0.6) is 0 Å². The number of hydrogen-bond donors (Lipinski definition) is 6. The number of aliphatic hydroxyl groups is 4. The van der Waals surface area contributed by atoms with Gasteiger partial charge < -0.3 is 31.1 Å². The molecule has 0 aromatic heterocycles. The molecular formula is C8H22N2O14P4. The van der Waals surface area contributed by atoms with Crippen molar-refractivity contribution in [1.29, 1.82) is 0 Å². The van der Waals surface area contributed by atoms with Crippen molar-refractivity contribution in [3.63, 3.8) is 0 Å². The maximum Gasteiger partial charge on any atom is 0.501 e. The van der Waals surface area contributed by atoms with Crippen molar-refractivity contribution < 1.29 is 64.6 Å². The van der Waals surface area contributed by atoms with E-state index in [1.54, 1.807) is 0 Å². The molecule has 4 fully saturated rings. The Bertz CT molecular complexity index is 503. The summed E-state index contributed by atoms with van der Waals surface area (Å²) in [6.07, 6.45) is 0. The van der Waals surface area contributed by atoms with Crippen LogP contribution in [0.2, 0.25) is 0 Å². The number of phosphoric acid groups is 4. The Morgan fingerprint density at radius 1 is 0.464 bits per heavy atom. The van der Waals surface area contributed by atoms with Gasteiger partial charge in [0, 0.05) is 26.2 Å². The zero-order valence-electron chi connectivity index (χ0n) is 14.3. The molecule has 0 aliphatic carbocycles. The number of nitrogens with one attached hydrogen (secondary N) is 2. The molecule has 20 heteroatoms. The largest absolute Gasteiger partial charge is 0.501 e. The Balaban J connectivity index is 0.000000240. The summed E-state index contributed by atoms with van der Waals surface area (Å²) in [6.45, 7) is 2.84. The maximum absolute atomic E-state index is 11.3. The predicted octanol–water partition coefficient (Wildman–Crippen LogP) is -0.320. The van der Waals surface area contributed by atoms with Gasteiger partial charge >= 0.3 is 31.3 Å². The highest BCUT2D eigenvalue weighted by Gasteiger charge is 2.74. The van der Waals surface area contributed by atoms with Crippen molar-refractivity contribution in [2.75, 3.05) is 52.6 Å². The SMILES string of the molecule is O=P12OP3(=O)OP(=O)(O1)OP(=O)(O2)O3.OCCNCCO.OCCNCCO. The number of hydrogen-bond acceptors (Lipinski definition) is 16. The Morgan fingerprint density at radius 3 is 0.786 bits per heavy atom. The van der Waals surface area contributed by atoms with Crippen LogP contribution in [-0.4, -0.2) is 73.0 Å². The maximum atomic E-state index is 11.3. The molecule has 4 bridgehead atoms. The molecule has 4 heterocycles. The van der Waals surface area contributed by atoms with Gasteiger partial charge in [-0.15, -0.1) is 0 Å². The van der Waals surface area contributed by atoms with E-state index >= 15 is 0 Å². The Labute approximate surface area is 159 Å². The summed E-state index contributed by atoms with van der Waals surface area (Å²) in [6, 6.07) is 0. The van der Waals surface area contributed by atoms with E-state index < -0.39 is 31.3 Å². The van der Waals surface area contributed by atoms with Crippen molar-refractivity contribution in [3.05, 3.63) is 0 Å². The van der Waals surface area contributed by atoms with Gasteiger partial charge in [0.05, 0.1) is 26.4 Å². The molecule has 0 saturated carbocycles. The van der Waals surface area contributed by atoms with Crippen molar-refractivity contribution in [1.82, 2.24) is 10.6 Å². The van der Waals surface area contributed by atoms with Crippen LogP contribution in [0.4, 0.5) is 0 Å². The molecule has 28 heavy (non-hydrogen) atoms. The van der Waals surface area contributed by atoms with Crippen molar-refractivity contribution in [2.45, 2.75) is 0 Å². The normalized spacial score (nSPS) is 37.6. The van der Waals surface area contributed by atoms with E-state index in [0.717, 1.165) is 0 Å². The summed E-state index contributed by atoms with van der Waals surface area (Å²) in [7, 11) is -17.7. The fourth-order valence-electron chi connectivity index (χ4n) is 1.48. The lowest BCUT2D eigenvalue weighted by atomic mass is 10.6. The van der Waals surface area contributed by atoms with E-state index in [9.17, 15) is 18.3 Å². The Hall–Kier alpha value is 0.440. The molecular weight excluding hydrogens is 472 g/mol. The molecule has 0 radical (unpaired) electrons. The van der Waals surface area contributed by atoms with Gasteiger partial charge in [0.2, 0.25) is 0 Å². The molecule has 0 aromatic rings. The van der Waals surface area contributed by atoms with Crippen LogP contribution in [0.3, 0.4) is 0 Å². The van der Waals surface area contributed by atoms with Crippen molar-refractivity contribution >= 4 is 31.3 Å². The van der Waals surface area contributed by atoms with E-state index in [1.165, 1.54) is 0 Å². The molecule has 4 aliphatic rings. The zero-order valence-corrected chi connectivity index (χ0v) is 17.9. The smallest absolute Gasteiger partial charge is 0.395 e. The van der Waals surface area contributed by atoms with E-state index in [2.05, 4.69) is 36.5 Å². The Kier molecular flexibility index (Phi) is 11.1. The van der Waals surface area contributed by atoms with Gasteiger partial charge in [-0.3, -0.25) is 0 Å². The molecule has 0 spiro atoms. The Morgan fingerprint density at radius 2 is 0.643 bits per heavy atom. The third kappa shape index (κ3) is 8.66. The molecule has 4 aliphatic heterocycles. The lowest BCUT2D eigenvalue weighted by molar-refractivity contribution is 0.0909. The molecule has 0 unspecified atom stereocenters. The summed E-state index contributed by atoms with van der Waals surface area (Å²) < 4.78 is 69.9. The van der Waals surface area contributed by atoms with Gasteiger partial charge in [0.25, 0.3) is 0 Å². The first kappa shape index (κ1) is 26.5. The monoisotopic (exact) mass is 494 g/mol.